The van der Waals surface area contributed by atoms with Crippen LogP contribution in [0.3, 0.4) is 0 Å². The number of rotatable bonds is 6. The highest BCUT2D eigenvalue weighted by molar-refractivity contribution is 6.10. The molecule has 0 radical (unpaired) electrons. The zero-order valence-electron chi connectivity index (χ0n) is 30.9. The van der Waals surface area contributed by atoms with E-state index in [1.54, 1.807) is 0 Å². The molecular weight excluding hydrogens is 693 g/mol. The zero-order valence-corrected chi connectivity index (χ0v) is 30.9. The van der Waals surface area contributed by atoms with Gasteiger partial charge in [-0.1, -0.05) is 170 Å². The monoisotopic (exact) mass is 726 g/mol. The fraction of sp³-hybridized carbons (Fsp3) is 0. The Hall–Kier alpha value is -7.62. The Morgan fingerprint density at radius 1 is 0.298 bits per heavy atom. The van der Waals surface area contributed by atoms with Crippen molar-refractivity contribution in [3.05, 3.63) is 206 Å². The number of aromatic nitrogens is 2. The molecule has 0 fully saturated rings. The molecule has 11 rings (SSSR count). The van der Waals surface area contributed by atoms with Crippen LogP contribution in [0.15, 0.2) is 206 Å². The predicted molar refractivity (Wildman–Crippen MR) is 235 cm³/mol. The van der Waals surface area contributed by atoms with Crippen LogP contribution >= 0.6 is 0 Å². The van der Waals surface area contributed by atoms with Gasteiger partial charge >= 0.3 is 0 Å². The van der Waals surface area contributed by atoms with E-state index in [2.05, 4.69) is 182 Å². The highest BCUT2D eigenvalue weighted by Gasteiger charge is 2.22. The third-order valence-electron chi connectivity index (χ3n) is 11.1. The lowest BCUT2D eigenvalue weighted by molar-refractivity contribution is 0.487. The molecule has 0 saturated heterocycles. The minimum atomic E-state index is 0.699. The summed E-state index contributed by atoms with van der Waals surface area (Å²) in [7, 11) is 0. The molecule has 0 N–H and O–H groups in total. The van der Waals surface area contributed by atoms with Gasteiger partial charge in [0.25, 0.3) is 0 Å². The van der Waals surface area contributed by atoms with Crippen molar-refractivity contribution in [1.29, 1.82) is 0 Å². The van der Waals surface area contributed by atoms with Gasteiger partial charge in [0.1, 0.15) is 11.5 Å². The highest BCUT2D eigenvalue weighted by atomic mass is 16.5. The van der Waals surface area contributed by atoms with Crippen molar-refractivity contribution in [3.63, 3.8) is 0 Å². The summed E-state index contributed by atoms with van der Waals surface area (Å²) in [6.45, 7) is 0. The largest absolute Gasteiger partial charge is 0.456 e. The number of benzene rings is 9. The molecule has 1 aliphatic rings. The minimum Gasteiger partial charge on any atom is -0.456 e. The first kappa shape index (κ1) is 32.8. The SMILES string of the molecule is c1ccc(-c2cccc(-c3cc(-c4ccc(-c5ccc6c(c5)-c5cccc7c(-c8ccc9ccccc9c8)ccc(c57)O6)cc4)nc(-c4ccccc4)n3)c2)cc1. The lowest BCUT2D eigenvalue weighted by atomic mass is 9.89. The molecule has 0 bridgehead atoms. The third-order valence-corrected chi connectivity index (χ3v) is 11.1. The molecule has 0 saturated carbocycles. The van der Waals surface area contributed by atoms with Crippen LogP contribution in [0.1, 0.15) is 0 Å². The Balaban J connectivity index is 0.959. The number of ether oxygens (including phenoxy) is 1. The van der Waals surface area contributed by atoms with Crippen LogP contribution in [-0.4, -0.2) is 9.97 Å². The van der Waals surface area contributed by atoms with E-state index in [1.165, 1.54) is 38.4 Å². The van der Waals surface area contributed by atoms with Crippen molar-refractivity contribution < 1.29 is 4.74 Å². The standard InChI is InChI=1S/C54H34N2O/c1-3-11-35(12-4-1)41-17-9-18-44(32-41)50-34-49(55-54(56-50)39-14-5-2-6-15-39)38-24-21-37(22-25-38)42-27-29-51-48(33-42)47-20-10-19-46-45(28-30-52(57-51)53(46)47)43-26-23-36-13-7-8-16-40(36)31-43/h1-34H. The Morgan fingerprint density at radius 2 is 0.895 bits per heavy atom. The molecule has 57 heavy (non-hydrogen) atoms. The highest BCUT2D eigenvalue weighted by Crippen LogP contribution is 2.49. The molecule has 1 aromatic heterocycles. The Labute approximate surface area is 331 Å². The second-order valence-corrected chi connectivity index (χ2v) is 14.6. The van der Waals surface area contributed by atoms with E-state index in [1.807, 2.05) is 24.3 Å². The van der Waals surface area contributed by atoms with Gasteiger partial charge in [-0.2, -0.15) is 0 Å². The normalized spacial score (nSPS) is 11.6. The smallest absolute Gasteiger partial charge is 0.160 e. The molecule has 0 atom stereocenters. The average molecular weight is 727 g/mol. The van der Waals surface area contributed by atoms with Crippen LogP contribution in [0.4, 0.5) is 0 Å². The summed E-state index contributed by atoms with van der Waals surface area (Å²) < 4.78 is 6.59. The lowest BCUT2D eigenvalue weighted by Crippen LogP contribution is -1.98. The van der Waals surface area contributed by atoms with Crippen LogP contribution in [-0.2, 0) is 0 Å². The summed E-state index contributed by atoms with van der Waals surface area (Å²) in [4.78, 5) is 10.2. The van der Waals surface area contributed by atoms with Gasteiger partial charge in [0, 0.05) is 27.6 Å². The lowest BCUT2D eigenvalue weighted by Gasteiger charge is -2.23. The van der Waals surface area contributed by atoms with Crippen LogP contribution in [0.25, 0.3) is 100.0 Å². The molecule has 0 unspecified atom stereocenters. The van der Waals surface area contributed by atoms with Crippen molar-refractivity contribution in [2.24, 2.45) is 0 Å². The fourth-order valence-electron chi connectivity index (χ4n) is 8.20. The third kappa shape index (κ3) is 5.94. The number of nitrogens with zero attached hydrogens (tertiary/aromatic N) is 2. The molecule has 0 aliphatic carbocycles. The van der Waals surface area contributed by atoms with Crippen LogP contribution < -0.4 is 4.74 Å². The van der Waals surface area contributed by atoms with Crippen molar-refractivity contribution in [2.75, 3.05) is 0 Å². The van der Waals surface area contributed by atoms with Gasteiger partial charge in [-0.25, -0.2) is 9.97 Å². The van der Waals surface area contributed by atoms with E-state index in [4.69, 9.17) is 14.7 Å². The van der Waals surface area contributed by atoms with Crippen LogP contribution in [0.5, 0.6) is 11.5 Å². The first-order chi connectivity index (χ1) is 28.2. The van der Waals surface area contributed by atoms with Crippen LogP contribution in [0, 0.1) is 0 Å². The number of hydrogen-bond acceptors (Lipinski definition) is 3. The first-order valence-corrected chi connectivity index (χ1v) is 19.3. The van der Waals surface area contributed by atoms with Gasteiger partial charge in [-0.05, 0) is 91.5 Å². The van der Waals surface area contributed by atoms with Gasteiger partial charge in [0.05, 0.1) is 11.4 Å². The molecule has 0 spiro atoms. The van der Waals surface area contributed by atoms with Crippen molar-refractivity contribution in [3.8, 4) is 89.9 Å². The topological polar surface area (TPSA) is 35.0 Å². The molecule has 2 heterocycles. The second-order valence-electron chi connectivity index (χ2n) is 14.6. The predicted octanol–water partition coefficient (Wildman–Crippen LogP) is 14.6. The molecule has 10 aromatic rings. The van der Waals surface area contributed by atoms with Gasteiger partial charge in [-0.3, -0.25) is 0 Å². The summed E-state index contributed by atoms with van der Waals surface area (Å²) in [5.74, 6) is 2.46. The van der Waals surface area contributed by atoms with E-state index in [0.717, 1.165) is 67.2 Å². The maximum Gasteiger partial charge on any atom is 0.160 e. The Kier molecular flexibility index (Phi) is 7.82. The molecule has 3 heteroatoms. The maximum absolute atomic E-state index is 6.59. The number of hydrogen-bond donors (Lipinski definition) is 0. The van der Waals surface area contributed by atoms with Gasteiger partial charge in [0.2, 0.25) is 0 Å². The number of fused-ring (bicyclic) bond motifs is 3. The molecule has 1 aliphatic heterocycles. The quantitative estimate of drug-likeness (QED) is 0.171. The van der Waals surface area contributed by atoms with E-state index < -0.39 is 0 Å². The summed E-state index contributed by atoms with van der Waals surface area (Å²) in [5.41, 5.74) is 14.1. The second kappa shape index (κ2) is 13.6. The summed E-state index contributed by atoms with van der Waals surface area (Å²) in [6.07, 6.45) is 0. The van der Waals surface area contributed by atoms with E-state index >= 15 is 0 Å². The summed E-state index contributed by atoms with van der Waals surface area (Å²) >= 11 is 0. The molecular formula is C54H34N2O. The molecule has 3 nitrogen and oxygen atoms in total. The maximum atomic E-state index is 6.59. The molecule has 0 amide bonds. The Bertz CT molecular complexity index is 3140. The molecule has 9 aromatic carbocycles. The fourth-order valence-corrected chi connectivity index (χ4v) is 8.20. The van der Waals surface area contributed by atoms with Gasteiger partial charge in [-0.15, -0.1) is 0 Å². The van der Waals surface area contributed by atoms with Gasteiger partial charge < -0.3 is 4.74 Å². The van der Waals surface area contributed by atoms with Crippen molar-refractivity contribution >= 4 is 21.5 Å². The molecule has 266 valence electrons. The van der Waals surface area contributed by atoms with E-state index in [0.29, 0.717) is 5.82 Å². The van der Waals surface area contributed by atoms with Crippen LogP contribution in [0.2, 0.25) is 0 Å². The van der Waals surface area contributed by atoms with E-state index in [-0.39, 0.29) is 0 Å². The van der Waals surface area contributed by atoms with Gasteiger partial charge in [0.15, 0.2) is 5.82 Å². The van der Waals surface area contributed by atoms with Crippen molar-refractivity contribution in [1.82, 2.24) is 9.97 Å². The first-order valence-electron chi connectivity index (χ1n) is 19.3. The van der Waals surface area contributed by atoms with E-state index in [9.17, 15) is 0 Å². The average Bonchev–Trinajstić information content (AvgIpc) is 3.29. The summed E-state index contributed by atoms with van der Waals surface area (Å²) in [5, 5.41) is 4.81. The zero-order chi connectivity index (χ0) is 37.7. The minimum absolute atomic E-state index is 0.699. The summed E-state index contributed by atoms with van der Waals surface area (Å²) in [6, 6.07) is 72.7. The van der Waals surface area contributed by atoms with Crippen molar-refractivity contribution in [2.45, 2.75) is 0 Å². The Morgan fingerprint density at radius 3 is 1.72 bits per heavy atom.